The summed E-state index contributed by atoms with van der Waals surface area (Å²) in [5.41, 5.74) is 3.69. The molecule has 1 aromatic carbocycles. The number of ether oxygens (including phenoxy) is 1. The first-order chi connectivity index (χ1) is 12.3. The second-order valence-electron chi connectivity index (χ2n) is 5.73. The van der Waals surface area contributed by atoms with E-state index in [-0.39, 0.29) is 5.97 Å². The smallest absolute Gasteiger partial charge is 0.338 e. The van der Waals surface area contributed by atoms with Gasteiger partial charge in [-0.1, -0.05) is 18.2 Å². The summed E-state index contributed by atoms with van der Waals surface area (Å²) >= 11 is 0. The van der Waals surface area contributed by atoms with Crippen LogP contribution in [0.15, 0.2) is 55.0 Å². The highest BCUT2D eigenvalue weighted by Gasteiger charge is 2.06. The van der Waals surface area contributed by atoms with Crippen molar-refractivity contribution in [1.29, 1.82) is 0 Å². The summed E-state index contributed by atoms with van der Waals surface area (Å²) in [7, 11) is 0. The van der Waals surface area contributed by atoms with Gasteiger partial charge in [-0.15, -0.1) is 0 Å². The van der Waals surface area contributed by atoms with Gasteiger partial charge in [0, 0.05) is 36.3 Å². The summed E-state index contributed by atoms with van der Waals surface area (Å²) in [4.78, 5) is 23.6. The number of hydrogen-bond donors (Lipinski definition) is 1. The lowest BCUT2D eigenvalue weighted by molar-refractivity contribution is 0.0526. The first-order valence-corrected chi connectivity index (χ1v) is 8.47. The molecule has 0 unspecified atom stereocenters. The molecule has 0 bridgehead atoms. The van der Waals surface area contributed by atoms with Crippen LogP contribution in [0, 0.1) is 0 Å². The van der Waals surface area contributed by atoms with Gasteiger partial charge in [0.25, 0.3) is 0 Å². The number of carbonyl (C=O) groups excluding carboxylic acids is 1. The Kier molecular flexibility index (Phi) is 5.57. The van der Waals surface area contributed by atoms with Crippen molar-refractivity contribution in [3.8, 4) is 11.1 Å². The minimum absolute atomic E-state index is 0.293. The number of imidazole rings is 1. The van der Waals surface area contributed by atoms with Gasteiger partial charge in [0.15, 0.2) is 0 Å². The summed E-state index contributed by atoms with van der Waals surface area (Å²) in [5, 5.41) is 0. The Labute approximate surface area is 147 Å². The molecule has 0 saturated heterocycles. The molecule has 0 spiro atoms. The minimum Gasteiger partial charge on any atom is -0.462 e. The van der Waals surface area contributed by atoms with Gasteiger partial charge in [-0.05, 0) is 43.5 Å². The average Bonchev–Trinajstić information content (AvgIpc) is 3.16. The molecule has 0 aliphatic carbocycles. The second kappa shape index (κ2) is 8.24. The first kappa shape index (κ1) is 16.9. The lowest BCUT2D eigenvalue weighted by Gasteiger charge is -2.05. The summed E-state index contributed by atoms with van der Waals surface area (Å²) in [6.45, 7) is 2.18. The van der Waals surface area contributed by atoms with E-state index >= 15 is 0 Å². The van der Waals surface area contributed by atoms with Gasteiger partial charge in [0.2, 0.25) is 0 Å². The molecule has 0 aliphatic heterocycles. The van der Waals surface area contributed by atoms with E-state index in [1.54, 1.807) is 25.3 Å². The van der Waals surface area contributed by atoms with E-state index in [0.717, 1.165) is 41.9 Å². The molecule has 0 aliphatic rings. The molecular weight excluding hydrogens is 314 g/mol. The van der Waals surface area contributed by atoms with Crippen LogP contribution in [-0.4, -0.2) is 27.5 Å². The van der Waals surface area contributed by atoms with Crippen LogP contribution in [0.2, 0.25) is 0 Å². The number of esters is 1. The molecule has 5 heteroatoms. The Morgan fingerprint density at radius 1 is 1.04 bits per heavy atom. The standard InChI is InChI=1S/C20H21N3O2/c1-2-25-20(24)16-8-6-15(7-9-16)17-10-11-18(23-14-17)4-3-5-19-21-12-13-22-19/h6-14H,2-5H2,1H3,(H,21,22). The van der Waals surface area contributed by atoms with Gasteiger partial charge < -0.3 is 9.72 Å². The molecule has 3 aromatic rings. The molecule has 0 saturated carbocycles. The number of carbonyl (C=O) groups is 1. The lowest BCUT2D eigenvalue weighted by Crippen LogP contribution is -2.04. The molecule has 1 N–H and O–H groups in total. The van der Waals surface area contributed by atoms with Crippen molar-refractivity contribution >= 4 is 5.97 Å². The van der Waals surface area contributed by atoms with Crippen LogP contribution in [0.5, 0.6) is 0 Å². The number of benzene rings is 1. The number of nitrogens with zero attached hydrogens (tertiary/aromatic N) is 2. The number of nitrogens with one attached hydrogen (secondary N) is 1. The third-order valence-corrected chi connectivity index (χ3v) is 3.96. The summed E-state index contributed by atoms with van der Waals surface area (Å²) in [6.07, 6.45) is 8.34. The Hall–Kier alpha value is -2.95. The highest BCUT2D eigenvalue weighted by molar-refractivity contribution is 5.90. The topological polar surface area (TPSA) is 67.9 Å². The molecule has 3 rings (SSSR count). The fourth-order valence-electron chi connectivity index (χ4n) is 2.63. The molecule has 2 aromatic heterocycles. The van der Waals surface area contributed by atoms with Crippen LogP contribution in [0.1, 0.15) is 35.2 Å². The van der Waals surface area contributed by atoms with E-state index < -0.39 is 0 Å². The maximum Gasteiger partial charge on any atom is 0.338 e. The molecule has 0 fully saturated rings. The number of hydrogen-bond acceptors (Lipinski definition) is 4. The number of pyridine rings is 1. The van der Waals surface area contributed by atoms with Crippen molar-refractivity contribution in [1.82, 2.24) is 15.0 Å². The van der Waals surface area contributed by atoms with Crippen molar-refractivity contribution in [2.24, 2.45) is 0 Å². The van der Waals surface area contributed by atoms with E-state index in [1.165, 1.54) is 0 Å². The fraction of sp³-hybridized carbons (Fsp3) is 0.250. The SMILES string of the molecule is CCOC(=O)c1ccc(-c2ccc(CCCc3ncc[nH]3)nc2)cc1. The zero-order valence-electron chi connectivity index (χ0n) is 14.2. The number of aromatic amines is 1. The zero-order chi connectivity index (χ0) is 17.5. The molecular formula is C20H21N3O2. The average molecular weight is 335 g/mol. The van der Waals surface area contributed by atoms with E-state index in [0.29, 0.717) is 12.2 Å². The normalized spacial score (nSPS) is 10.6. The Morgan fingerprint density at radius 2 is 1.84 bits per heavy atom. The van der Waals surface area contributed by atoms with Gasteiger partial charge in [0.1, 0.15) is 5.82 Å². The van der Waals surface area contributed by atoms with E-state index in [9.17, 15) is 4.79 Å². The van der Waals surface area contributed by atoms with Crippen LogP contribution in [0.4, 0.5) is 0 Å². The summed E-state index contributed by atoms with van der Waals surface area (Å²) < 4.78 is 5.00. The van der Waals surface area contributed by atoms with Crippen molar-refractivity contribution < 1.29 is 9.53 Å². The number of aryl methyl sites for hydroxylation is 2. The van der Waals surface area contributed by atoms with Crippen LogP contribution in [0.25, 0.3) is 11.1 Å². The molecule has 128 valence electrons. The van der Waals surface area contributed by atoms with Crippen LogP contribution in [-0.2, 0) is 17.6 Å². The molecule has 0 radical (unpaired) electrons. The van der Waals surface area contributed by atoms with Gasteiger partial charge in [0.05, 0.1) is 12.2 Å². The quantitative estimate of drug-likeness (QED) is 0.666. The van der Waals surface area contributed by atoms with Crippen molar-refractivity contribution in [3.63, 3.8) is 0 Å². The first-order valence-electron chi connectivity index (χ1n) is 8.47. The monoisotopic (exact) mass is 335 g/mol. The molecule has 5 nitrogen and oxygen atoms in total. The largest absolute Gasteiger partial charge is 0.462 e. The van der Waals surface area contributed by atoms with Crippen molar-refractivity contribution in [2.45, 2.75) is 26.2 Å². The Bertz CT molecular complexity index is 794. The van der Waals surface area contributed by atoms with Crippen molar-refractivity contribution in [3.05, 3.63) is 72.1 Å². The second-order valence-corrected chi connectivity index (χ2v) is 5.73. The molecule has 25 heavy (non-hydrogen) atoms. The fourth-order valence-corrected chi connectivity index (χ4v) is 2.63. The van der Waals surface area contributed by atoms with Gasteiger partial charge in [-0.3, -0.25) is 4.98 Å². The van der Waals surface area contributed by atoms with E-state index in [4.69, 9.17) is 4.74 Å². The van der Waals surface area contributed by atoms with Crippen LogP contribution < -0.4 is 0 Å². The van der Waals surface area contributed by atoms with Crippen LogP contribution >= 0.6 is 0 Å². The third-order valence-electron chi connectivity index (χ3n) is 3.96. The minimum atomic E-state index is -0.293. The van der Waals surface area contributed by atoms with E-state index in [2.05, 4.69) is 27.1 Å². The molecule has 2 heterocycles. The van der Waals surface area contributed by atoms with Gasteiger partial charge in [-0.2, -0.15) is 0 Å². The summed E-state index contributed by atoms with van der Waals surface area (Å²) in [6, 6.07) is 11.5. The zero-order valence-corrected chi connectivity index (χ0v) is 14.2. The maximum absolute atomic E-state index is 11.7. The highest BCUT2D eigenvalue weighted by Crippen LogP contribution is 2.20. The maximum atomic E-state index is 11.7. The van der Waals surface area contributed by atoms with Gasteiger partial charge in [-0.25, -0.2) is 9.78 Å². The Morgan fingerprint density at radius 3 is 2.48 bits per heavy atom. The number of aromatic nitrogens is 3. The number of rotatable bonds is 7. The van der Waals surface area contributed by atoms with Crippen molar-refractivity contribution in [2.75, 3.05) is 6.61 Å². The summed E-state index contributed by atoms with van der Waals surface area (Å²) in [5.74, 6) is 0.720. The van der Waals surface area contributed by atoms with E-state index in [1.807, 2.05) is 24.5 Å². The third kappa shape index (κ3) is 4.53. The lowest BCUT2D eigenvalue weighted by atomic mass is 10.0. The molecule has 0 amide bonds. The predicted molar refractivity (Wildman–Crippen MR) is 96.2 cm³/mol. The predicted octanol–water partition coefficient (Wildman–Crippen LogP) is 3.82. The number of H-pyrrole nitrogens is 1. The molecule has 0 atom stereocenters. The van der Waals surface area contributed by atoms with Gasteiger partial charge >= 0.3 is 5.97 Å². The highest BCUT2D eigenvalue weighted by atomic mass is 16.5. The van der Waals surface area contributed by atoms with Crippen LogP contribution in [0.3, 0.4) is 0 Å². The Balaban J connectivity index is 1.58.